The van der Waals surface area contributed by atoms with Gasteiger partial charge in [-0.3, -0.25) is 9.59 Å². The second kappa shape index (κ2) is 10.2. The number of para-hydroxylation sites is 1. The van der Waals surface area contributed by atoms with E-state index in [1.807, 2.05) is 81.4 Å². The average Bonchev–Trinajstić information content (AvgIpc) is 3.37. The SMILES string of the molecule is COc1ccc(CN2CC(=O)N3C[C@H](c4ccc(OC(C)C)c(OC)c4)c4c([nH]c5ccccc45)[C@@]3(C)C2=O)cc1. The van der Waals surface area contributed by atoms with E-state index in [9.17, 15) is 9.59 Å². The van der Waals surface area contributed by atoms with E-state index >= 15 is 0 Å². The lowest BCUT2D eigenvalue weighted by Crippen LogP contribution is -2.67. The molecule has 212 valence electrons. The molecule has 0 bridgehead atoms. The quantitative estimate of drug-likeness (QED) is 0.340. The molecule has 2 amide bonds. The van der Waals surface area contributed by atoms with E-state index in [0.29, 0.717) is 24.6 Å². The van der Waals surface area contributed by atoms with Crippen molar-refractivity contribution in [2.45, 2.75) is 44.9 Å². The van der Waals surface area contributed by atoms with Crippen molar-refractivity contribution in [2.75, 3.05) is 27.3 Å². The summed E-state index contributed by atoms with van der Waals surface area (Å²) >= 11 is 0. The summed E-state index contributed by atoms with van der Waals surface area (Å²) in [6.07, 6.45) is 0.00297. The van der Waals surface area contributed by atoms with Crippen molar-refractivity contribution in [1.82, 2.24) is 14.8 Å². The van der Waals surface area contributed by atoms with Gasteiger partial charge < -0.3 is 29.0 Å². The van der Waals surface area contributed by atoms with E-state index < -0.39 is 5.54 Å². The van der Waals surface area contributed by atoms with Gasteiger partial charge in [-0.2, -0.15) is 0 Å². The molecule has 0 saturated carbocycles. The number of benzene rings is 3. The third-order valence-electron chi connectivity index (χ3n) is 8.30. The first kappa shape index (κ1) is 26.7. The first-order chi connectivity index (χ1) is 19.7. The van der Waals surface area contributed by atoms with Crippen LogP contribution in [0.1, 0.15) is 49.1 Å². The molecule has 3 heterocycles. The zero-order valence-corrected chi connectivity index (χ0v) is 24.1. The van der Waals surface area contributed by atoms with E-state index in [2.05, 4.69) is 11.1 Å². The number of ether oxygens (including phenoxy) is 3. The summed E-state index contributed by atoms with van der Waals surface area (Å²) in [5.74, 6) is 1.71. The van der Waals surface area contributed by atoms with E-state index in [4.69, 9.17) is 14.2 Å². The molecule has 8 heteroatoms. The summed E-state index contributed by atoms with van der Waals surface area (Å²) in [6.45, 7) is 6.56. The number of H-pyrrole nitrogens is 1. The van der Waals surface area contributed by atoms with Gasteiger partial charge in [0.2, 0.25) is 5.91 Å². The van der Waals surface area contributed by atoms with Gasteiger partial charge in [0.25, 0.3) is 5.91 Å². The highest BCUT2D eigenvalue weighted by molar-refractivity contribution is 6.01. The van der Waals surface area contributed by atoms with Crippen LogP contribution in [-0.2, 0) is 21.7 Å². The number of methoxy groups -OCH3 is 2. The number of rotatable bonds is 7. The van der Waals surface area contributed by atoms with Crippen LogP contribution in [0, 0.1) is 0 Å². The molecule has 2 aliphatic rings. The predicted octanol–water partition coefficient (Wildman–Crippen LogP) is 5.20. The van der Waals surface area contributed by atoms with E-state index in [1.54, 1.807) is 24.0 Å². The molecule has 1 fully saturated rings. The summed E-state index contributed by atoms with van der Waals surface area (Å²) in [5.41, 5.74) is 3.49. The molecule has 41 heavy (non-hydrogen) atoms. The smallest absolute Gasteiger partial charge is 0.255 e. The number of nitrogens with zero attached hydrogens (tertiary/aromatic N) is 2. The Labute approximate surface area is 239 Å². The van der Waals surface area contributed by atoms with Crippen molar-refractivity contribution in [3.05, 3.63) is 89.1 Å². The van der Waals surface area contributed by atoms with Crippen LogP contribution in [0.25, 0.3) is 10.9 Å². The van der Waals surface area contributed by atoms with Crippen LogP contribution < -0.4 is 14.2 Å². The summed E-state index contributed by atoms with van der Waals surface area (Å²) in [7, 11) is 3.25. The Bertz CT molecular complexity index is 1630. The molecule has 8 nitrogen and oxygen atoms in total. The second-order valence-corrected chi connectivity index (χ2v) is 11.2. The fraction of sp³-hybridized carbons (Fsp3) is 0.333. The van der Waals surface area contributed by atoms with Crippen molar-refractivity contribution >= 4 is 22.7 Å². The van der Waals surface area contributed by atoms with Crippen LogP contribution in [0.15, 0.2) is 66.7 Å². The van der Waals surface area contributed by atoms with Gasteiger partial charge in [-0.25, -0.2) is 0 Å². The summed E-state index contributed by atoms with van der Waals surface area (Å²) in [4.78, 5) is 35.1. The van der Waals surface area contributed by atoms with Gasteiger partial charge >= 0.3 is 0 Å². The lowest BCUT2D eigenvalue weighted by Gasteiger charge is -2.51. The van der Waals surface area contributed by atoms with Gasteiger partial charge in [-0.1, -0.05) is 36.4 Å². The minimum absolute atomic E-state index is 0.00297. The molecule has 2 atom stereocenters. The summed E-state index contributed by atoms with van der Waals surface area (Å²) < 4.78 is 16.9. The number of aromatic nitrogens is 1. The zero-order chi connectivity index (χ0) is 28.9. The van der Waals surface area contributed by atoms with Gasteiger partial charge in [0.05, 0.1) is 26.0 Å². The Balaban J connectivity index is 1.45. The number of hydrogen-bond acceptors (Lipinski definition) is 5. The molecule has 0 unspecified atom stereocenters. The molecule has 3 aromatic carbocycles. The molecular formula is C33H35N3O5. The largest absolute Gasteiger partial charge is 0.497 e. The summed E-state index contributed by atoms with van der Waals surface area (Å²) in [5, 5.41) is 1.04. The highest BCUT2D eigenvalue weighted by atomic mass is 16.5. The van der Waals surface area contributed by atoms with Crippen LogP contribution in [0.3, 0.4) is 0 Å². The molecule has 1 saturated heterocycles. The van der Waals surface area contributed by atoms with Crippen LogP contribution in [0.2, 0.25) is 0 Å². The van der Waals surface area contributed by atoms with Gasteiger partial charge in [0.1, 0.15) is 12.3 Å². The molecule has 0 spiro atoms. The lowest BCUT2D eigenvalue weighted by atomic mass is 9.76. The lowest BCUT2D eigenvalue weighted by molar-refractivity contribution is -0.166. The average molecular weight is 554 g/mol. The molecule has 6 rings (SSSR count). The maximum atomic E-state index is 14.3. The first-order valence-electron chi connectivity index (χ1n) is 13.9. The van der Waals surface area contributed by atoms with Crippen LogP contribution in [0.5, 0.6) is 17.2 Å². The highest BCUT2D eigenvalue weighted by Crippen LogP contribution is 2.49. The van der Waals surface area contributed by atoms with Gasteiger partial charge in [0.15, 0.2) is 17.0 Å². The molecule has 2 aliphatic heterocycles. The standard InChI is InChI=1S/C33H35N3O5/c1-20(2)41-27-15-12-22(16-28(27)40-5)25-18-36-29(37)19-35(17-21-10-13-23(39-4)14-11-21)32(38)33(36,3)31-30(25)24-8-6-7-9-26(24)34-31/h6-16,20,25,34H,17-19H2,1-5H3/t25-,33+/m1/s1. The topological polar surface area (TPSA) is 84.1 Å². The number of nitrogens with one attached hydrogen (secondary N) is 1. The Kier molecular flexibility index (Phi) is 6.64. The number of piperazine rings is 1. The highest BCUT2D eigenvalue weighted by Gasteiger charge is 2.56. The number of aromatic amines is 1. The normalized spacial score (nSPS) is 20.3. The van der Waals surface area contributed by atoms with E-state index in [-0.39, 0.29) is 30.4 Å². The molecule has 4 aromatic rings. The number of amides is 2. The van der Waals surface area contributed by atoms with Crippen molar-refractivity contribution < 1.29 is 23.8 Å². The van der Waals surface area contributed by atoms with Crippen LogP contribution in [-0.4, -0.2) is 60.0 Å². The van der Waals surface area contributed by atoms with Crippen LogP contribution in [0.4, 0.5) is 0 Å². The Morgan fingerprint density at radius 2 is 1.73 bits per heavy atom. The third-order valence-corrected chi connectivity index (χ3v) is 8.30. The summed E-state index contributed by atoms with van der Waals surface area (Å²) in [6, 6.07) is 21.6. The van der Waals surface area contributed by atoms with Crippen LogP contribution >= 0.6 is 0 Å². The number of carbonyl (C=O) groups excluding carboxylic acids is 2. The second-order valence-electron chi connectivity index (χ2n) is 11.2. The molecule has 0 aliphatic carbocycles. The van der Waals surface area contributed by atoms with Gasteiger partial charge in [0, 0.05) is 29.9 Å². The molecule has 1 N–H and O–H groups in total. The van der Waals surface area contributed by atoms with E-state index in [1.165, 1.54) is 0 Å². The zero-order valence-electron chi connectivity index (χ0n) is 24.1. The number of fused-ring (bicyclic) bond motifs is 5. The van der Waals surface area contributed by atoms with Gasteiger partial charge in [-0.05, 0) is 67.8 Å². The molecular weight excluding hydrogens is 518 g/mol. The molecule has 1 aromatic heterocycles. The third kappa shape index (κ3) is 4.38. The minimum atomic E-state index is -1.17. The van der Waals surface area contributed by atoms with Crippen molar-refractivity contribution in [1.29, 1.82) is 0 Å². The maximum absolute atomic E-state index is 14.3. The fourth-order valence-electron chi connectivity index (χ4n) is 6.31. The van der Waals surface area contributed by atoms with Crippen molar-refractivity contribution in [3.63, 3.8) is 0 Å². The van der Waals surface area contributed by atoms with Crippen molar-refractivity contribution in [2.24, 2.45) is 0 Å². The van der Waals surface area contributed by atoms with Crippen molar-refractivity contribution in [3.8, 4) is 17.2 Å². The van der Waals surface area contributed by atoms with Gasteiger partial charge in [-0.15, -0.1) is 0 Å². The predicted molar refractivity (Wildman–Crippen MR) is 156 cm³/mol. The minimum Gasteiger partial charge on any atom is -0.497 e. The molecule has 0 radical (unpaired) electrons. The van der Waals surface area contributed by atoms with E-state index in [0.717, 1.165) is 39.0 Å². The Hall–Kier alpha value is -4.46. The number of hydrogen-bond donors (Lipinski definition) is 1. The first-order valence-corrected chi connectivity index (χ1v) is 13.9. The fourth-order valence-corrected chi connectivity index (χ4v) is 6.31. The Morgan fingerprint density at radius 3 is 2.44 bits per heavy atom. The Morgan fingerprint density at radius 1 is 0.976 bits per heavy atom. The monoisotopic (exact) mass is 553 g/mol. The maximum Gasteiger partial charge on any atom is 0.255 e. The number of carbonyl (C=O) groups is 2.